The number of aliphatic carboxylic acids is 2. The van der Waals surface area contributed by atoms with E-state index in [0.29, 0.717) is 11.1 Å². The van der Waals surface area contributed by atoms with Crippen LogP contribution in [-0.4, -0.2) is 85.3 Å². The Bertz CT molecular complexity index is 1450. The van der Waals surface area contributed by atoms with Crippen LogP contribution in [0.15, 0.2) is 54.7 Å². The maximum absolute atomic E-state index is 13.5. The fourth-order valence-corrected chi connectivity index (χ4v) is 4.41. The van der Waals surface area contributed by atoms with Crippen LogP contribution in [-0.2, 0) is 36.8 Å². The van der Waals surface area contributed by atoms with Gasteiger partial charge in [-0.25, -0.2) is 4.79 Å². The minimum absolute atomic E-state index is 0.0328. The number of carboxylic acid groups (broad SMARTS) is 2. The van der Waals surface area contributed by atoms with Crippen molar-refractivity contribution in [3.8, 4) is 5.75 Å². The van der Waals surface area contributed by atoms with Crippen molar-refractivity contribution in [2.24, 2.45) is 5.73 Å². The van der Waals surface area contributed by atoms with Crippen LogP contribution in [0.5, 0.6) is 5.75 Å². The van der Waals surface area contributed by atoms with Gasteiger partial charge in [-0.2, -0.15) is 0 Å². The Morgan fingerprint density at radius 3 is 2.14 bits per heavy atom. The van der Waals surface area contributed by atoms with E-state index in [2.05, 4.69) is 20.9 Å². The van der Waals surface area contributed by atoms with Crippen molar-refractivity contribution in [1.82, 2.24) is 20.9 Å². The van der Waals surface area contributed by atoms with E-state index in [1.165, 1.54) is 31.2 Å². The molecule has 0 radical (unpaired) electrons. The molecule has 1 aromatic heterocycles. The summed E-state index contributed by atoms with van der Waals surface area (Å²) in [7, 11) is 0. The maximum atomic E-state index is 13.5. The number of rotatable bonds is 15. The minimum Gasteiger partial charge on any atom is -0.508 e. The molecule has 230 valence electrons. The summed E-state index contributed by atoms with van der Waals surface area (Å²) >= 11 is 0. The second kappa shape index (κ2) is 14.8. The lowest BCUT2D eigenvalue weighted by atomic mass is 10.0. The average molecular weight is 598 g/mol. The van der Waals surface area contributed by atoms with Crippen LogP contribution >= 0.6 is 0 Å². The molecule has 3 rings (SSSR count). The number of aliphatic hydroxyl groups is 1. The number of aromatic nitrogens is 1. The molecule has 10 N–H and O–H groups in total. The SMILES string of the molecule is CC(O)C(NC(=O)C(N)CCC(=O)O)C(=O)NC(Cc1ccc(O)cc1)C(=O)NC(Cc1c[nH]c2ccccc12)C(=O)O. The van der Waals surface area contributed by atoms with Crippen molar-refractivity contribution in [3.63, 3.8) is 0 Å². The molecule has 0 saturated heterocycles. The number of hydrogen-bond acceptors (Lipinski definition) is 8. The molecule has 43 heavy (non-hydrogen) atoms. The first-order valence-corrected chi connectivity index (χ1v) is 13.5. The molecule has 14 heteroatoms. The van der Waals surface area contributed by atoms with Gasteiger partial charge in [0.15, 0.2) is 0 Å². The van der Waals surface area contributed by atoms with E-state index in [0.717, 1.165) is 10.9 Å². The van der Waals surface area contributed by atoms with Gasteiger partial charge in [0.1, 0.15) is 23.9 Å². The normalized spacial score (nSPS) is 14.6. The van der Waals surface area contributed by atoms with Gasteiger partial charge in [-0.3, -0.25) is 19.2 Å². The zero-order valence-corrected chi connectivity index (χ0v) is 23.3. The highest BCUT2D eigenvalue weighted by Crippen LogP contribution is 2.19. The summed E-state index contributed by atoms with van der Waals surface area (Å²) in [5.41, 5.74) is 7.67. The highest BCUT2D eigenvalue weighted by Gasteiger charge is 2.33. The number of carboxylic acids is 2. The number of H-pyrrole nitrogens is 1. The molecule has 0 aliphatic rings. The molecule has 5 unspecified atom stereocenters. The average Bonchev–Trinajstić information content (AvgIpc) is 3.37. The van der Waals surface area contributed by atoms with Crippen LogP contribution in [0.3, 0.4) is 0 Å². The Morgan fingerprint density at radius 2 is 1.51 bits per heavy atom. The van der Waals surface area contributed by atoms with E-state index in [-0.39, 0.29) is 25.0 Å². The lowest BCUT2D eigenvalue weighted by molar-refractivity contribution is -0.142. The Labute approximate surface area is 246 Å². The number of amides is 3. The Morgan fingerprint density at radius 1 is 0.860 bits per heavy atom. The lowest BCUT2D eigenvalue weighted by Crippen LogP contribution is -2.60. The first-order valence-electron chi connectivity index (χ1n) is 13.5. The number of nitrogens with two attached hydrogens (primary N) is 1. The number of carbonyl (C=O) groups is 5. The Balaban J connectivity index is 1.80. The number of aromatic hydroxyl groups is 1. The van der Waals surface area contributed by atoms with Gasteiger partial charge >= 0.3 is 11.9 Å². The van der Waals surface area contributed by atoms with E-state index in [4.69, 9.17) is 10.8 Å². The van der Waals surface area contributed by atoms with Gasteiger partial charge in [0.2, 0.25) is 17.7 Å². The Kier molecular flexibility index (Phi) is 11.2. The van der Waals surface area contributed by atoms with Crippen LogP contribution in [0.25, 0.3) is 10.9 Å². The molecule has 0 fully saturated rings. The largest absolute Gasteiger partial charge is 0.508 e. The monoisotopic (exact) mass is 597 g/mol. The standard InChI is InChI=1S/C29H35N5O9/c1-15(35)25(34-26(39)20(30)10-11-24(37)38)28(41)32-22(12-16-6-8-18(36)9-7-16)27(40)33-23(29(42)43)13-17-14-31-21-5-3-2-4-19(17)21/h2-9,14-15,20,22-23,25,31,35-36H,10-13,30H2,1H3,(H,32,41)(H,33,40)(H,34,39)(H,37,38)(H,42,43). The summed E-state index contributed by atoms with van der Waals surface area (Å²) in [6.45, 7) is 1.23. The summed E-state index contributed by atoms with van der Waals surface area (Å²) in [4.78, 5) is 65.2. The number of aliphatic hydroxyl groups excluding tert-OH is 1. The molecule has 0 aliphatic heterocycles. The van der Waals surface area contributed by atoms with Crippen molar-refractivity contribution in [3.05, 3.63) is 65.9 Å². The molecule has 0 saturated carbocycles. The van der Waals surface area contributed by atoms with E-state index in [9.17, 15) is 39.3 Å². The van der Waals surface area contributed by atoms with Gasteiger partial charge in [-0.05, 0) is 42.7 Å². The van der Waals surface area contributed by atoms with Crippen molar-refractivity contribution < 1.29 is 44.4 Å². The molecular formula is C29H35N5O9. The van der Waals surface area contributed by atoms with Gasteiger partial charge in [0.25, 0.3) is 0 Å². The summed E-state index contributed by atoms with van der Waals surface area (Å²) in [6, 6.07) is 7.46. The topological polar surface area (TPSA) is 244 Å². The number of hydrogen-bond donors (Lipinski definition) is 9. The number of fused-ring (bicyclic) bond motifs is 1. The minimum atomic E-state index is -1.57. The molecule has 0 spiro atoms. The molecule has 0 bridgehead atoms. The van der Waals surface area contributed by atoms with Crippen LogP contribution < -0.4 is 21.7 Å². The fraction of sp³-hybridized carbons (Fsp3) is 0.345. The highest BCUT2D eigenvalue weighted by molar-refractivity contribution is 5.95. The number of aromatic amines is 1. The lowest BCUT2D eigenvalue weighted by Gasteiger charge is -2.26. The third kappa shape index (κ3) is 9.28. The van der Waals surface area contributed by atoms with E-state index in [1.54, 1.807) is 12.3 Å². The zero-order valence-electron chi connectivity index (χ0n) is 23.3. The molecule has 0 aliphatic carbocycles. The van der Waals surface area contributed by atoms with E-state index in [1.807, 2.05) is 18.2 Å². The predicted molar refractivity (Wildman–Crippen MR) is 154 cm³/mol. The van der Waals surface area contributed by atoms with Crippen molar-refractivity contribution in [1.29, 1.82) is 0 Å². The number of phenols is 1. The third-order valence-electron chi connectivity index (χ3n) is 6.79. The van der Waals surface area contributed by atoms with E-state index >= 15 is 0 Å². The quantitative estimate of drug-likeness (QED) is 0.111. The van der Waals surface area contributed by atoms with Crippen molar-refractivity contribution >= 4 is 40.6 Å². The van der Waals surface area contributed by atoms with Crippen LogP contribution in [0.2, 0.25) is 0 Å². The molecule has 3 aromatic rings. The summed E-state index contributed by atoms with van der Waals surface area (Å²) in [6.07, 6.45) is -0.588. The first kappa shape index (κ1) is 32.6. The van der Waals surface area contributed by atoms with Crippen LogP contribution in [0.4, 0.5) is 0 Å². The summed E-state index contributed by atoms with van der Waals surface area (Å²) in [5, 5.41) is 46.6. The molecule has 5 atom stereocenters. The first-order chi connectivity index (χ1) is 20.3. The van der Waals surface area contributed by atoms with Gasteiger partial charge in [0, 0.05) is 36.4 Å². The molecule has 2 aromatic carbocycles. The predicted octanol–water partition coefficient (Wildman–Crippen LogP) is -0.229. The smallest absolute Gasteiger partial charge is 0.326 e. The molecule has 1 heterocycles. The van der Waals surface area contributed by atoms with Crippen molar-refractivity contribution in [2.75, 3.05) is 0 Å². The maximum Gasteiger partial charge on any atom is 0.326 e. The summed E-state index contributed by atoms with van der Waals surface area (Å²) < 4.78 is 0. The number of nitrogens with one attached hydrogen (secondary N) is 4. The number of carbonyl (C=O) groups excluding carboxylic acids is 3. The second-order valence-electron chi connectivity index (χ2n) is 10.2. The highest BCUT2D eigenvalue weighted by atomic mass is 16.4. The molecule has 3 amide bonds. The molecular weight excluding hydrogens is 562 g/mol. The van der Waals surface area contributed by atoms with Crippen LogP contribution in [0, 0.1) is 0 Å². The Hall–Kier alpha value is -4.95. The number of phenolic OH excluding ortho intramolecular Hbond substituents is 1. The van der Waals surface area contributed by atoms with E-state index < -0.39 is 66.4 Å². The third-order valence-corrected chi connectivity index (χ3v) is 6.79. The van der Waals surface area contributed by atoms with Gasteiger partial charge < -0.3 is 47.1 Å². The fourth-order valence-electron chi connectivity index (χ4n) is 4.41. The second-order valence-corrected chi connectivity index (χ2v) is 10.2. The summed E-state index contributed by atoms with van der Waals surface area (Å²) in [5.74, 6) is -5.20. The van der Waals surface area contributed by atoms with Gasteiger partial charge in [-0.15, -0.1) is 0 Å². The van der Waals surface area contributed by atoms with Gasteiger partial charge in [-0.1, -0.05) is 30.3 Å². The van der Waals surface area contributed by atoms with Crippen LogP contribution in [0.1, 0.15) is 30.9 Å². The zero-order chi connectivity index (χ0) is 31.7. The number of para-hydroxylation sites is 1. The molecule has 14 nitrogen and oxygen atoms in total. The number of benzene rings is 2. The van der Waals surface area contributed by atoms with Crippen molar-refractivity contribution in [2.45, 2.75) is 62.9 Å². The van der Waals surface area contributed by atoms with Gasteiger partial charge in [0.05, 0.1) is 12.1 Å².